The minimum atomic E-state index is -0.899. The molecule has 2 aromatic carbocycles. The third-order valence-electron chi connectivity index (χ3n) is 8.50. The zero-order chi connectivity index (χ0) is 27.2. The third-order valence-corrected chi connectivity index (χ3v) is 10.3. The Labute approximate surface area is 233 Å². The van der Waals surface area contributed by atoms with E-state index in [1.54, 1.807) is 16.7 Å². The van der Waals surface area contributed by atoms with Gasteiger partial charge in [-0.15, -0.1) is 11.8 Å². The van der Waals surface area contributed by atoms with E-state index in [4.69, 9.17) is 0 Å². The summed E-state index contributed by atoms with van der Waals surface area (Å²) in [6, 6.07) is 18.9. The summed E-state index contributed by atoms with van der Waals surface area (Å²) in [5, 5.41) is 9.91. The lowest BCUT2D eigenvalue weighted by atomic mass is 9.74. The number of carbonyl (C=O) groups is 3. The van der Waals surface area contributed by atoms with Crippen LogP contribution in [-0.2, 0) is 27.5 Å². The van der Waals surface area contributed by atoms with Gasteiger partial charge in [-0.25, -0.2) is 0 Å². The lowest BCUT2D eigenvalue weighted by Gasteiger charge is -2.36. The maximum atomic E-state index is 14.3. The molecule has 4 aliphatic heterocycles. The number of nitrogens with zero attached hydrogens (tertiary/aromatic N) is 3. The summed E-state index contributed by atoms with van der Waals surface area (Å²) in [4.78, 5) is 47.8. The summed E-state index contributed by atoms with van der Waals surface area (Å²) >= 11 is 1.57. The molecule has 3 amide bonds. The lowest BCUT2D eigenvalue weighted by Crippen LogP contribution is -2.53. The monoisotopic (exact) mass is 543 g/mol. The zero-order valence-corrected chi connectivity index (χ0v) is 22.8. The van der Waals surface area contributed by atoms with Gasteiger partial charge in [-0.3, -0.25) is 14.4 Å². The Morgan fingerprint density at radius 1 is 0.795 bits per heavy atom. The number of benzene rings is 2. The van der Waals surface area contributed by atoms with Gasteiger partial charge >= 0.3 is 0 Å². The summed E-state index contributed by atoms with van der Waals surface area (Å²) < 4.78 is -1.55. The molecule has 7 nitrogen and oxygen atoms in total. The predicted molar refractivity (Wildman–Crippen MR) is 150 cm³/mol. The van der Waals surface area contributed by atoms with E-state index < -0.39 is 27.4 Å². The predicted octanol–water partition coefficient (Wildman–Crippen LogP) is 2.86. The van der Waals surface area contributed by atoms with Gasteiger partial charge in [-0.1, -0.05) is 85.0 Å². The van der Waals surface area contributed by atoms with Crippen LogP contribution >= 0.6 is 11.8 Å². The molecule has 202 valence electrons. The number of hydrogen-bond acceptors (Lipinski definition) is 5. The van der Waals surface area contributed by atoms with Gasteiger partial charge in [0.15, 0.2) is 0 Å². The average molecular weight is 544 g/mol. The number of β-amino-alcohol motifs (C(OH)–C–C–N with tert-alkyl or cyclic N) is 1. The Kier molecular flexibility index (Phi) is 6.63. The number of fused-ring (bicyclic) bond motifs is 2. The van der Waals surface area contributed by atoms with E-state index in [-0.39, 0.29) is 30.9 Å². The molecule has 5 atom stereocenters. The number of hydrogen-bond donors (Lipinski definition) is 1. The van der Waals surface area contributed by atoms with Crippen LogP contribution in [0.25, 0.3) is 0 Å². The standard InChI is InChI=1S/C31H33N3O4S/c1-30-14-8-16-32(20-22-10-4-2-5-11-22)27(36)24(30)25-28(37)34(18-19-35)26-29(38)33(17-9-15-31(25,26)39-30)21-23-12-6-3-7-13-23/h2-15,24-26,35H,16-21H2,1H3/t24-,25-,26?,30+,31-/m0/s1. The van der Waals surface area contributed by atoms with Crippen molar-refractivity contribution in [1.82, 2.24) is 14.7 Å². The fourth-order valence-corrected chi connectivity index (χ4v) is 9.02. The van der Waals surface area contributed by atoms with Crippen molar-refractivity contribution in [2.45, 2.75) is 35.5 Å². The summed E-state index contributed by atoms with van der Waals surface area (Å²) in [6.07, 6.45) is 8.11. The minimum absolute atomic E-state index is 0.0578. The van der Waals surface area contributed by atoms with Crippen molar-refractivity contribution in [1.29, 1.82) is 0 Å². The van der Waals surface area contributed by atoms with Crippen LogP contribution in [0, 0.1) is 11.8 Å². The first-order chi connectivity index (χ1) is 18.9. The molecule has 2 saturated heterocycles. The Morgan fingerprint density at radius 2 is 1.36 bits per heavy atom. The van der Waals surface area contributed by atoms with E-state index in [0.717, 1.165) is 11.1 Å². The smallest absolute Gasteiger partial charge is 0.247 e. The Hall–Kier alpha value is -3.36. The number of likely N-dealkylation sites (tertiary alicyclic amines) is 1. The lowest BCUT2D eigenvalue weighted by molar-refractivity contribution is -0.145. The molecule has 0 saturated carbocycles. The second kappa shape index (κ2) is 9.99. The van der Waals surface area contributed by atoms with E-state index >= 15 is 0 Å². The van der Waals surface area contributed by atoms with Gasteiger partial charge in [-0.2, -0.15) is 0 Å². The first-order valence-electron chi connectivity index (χ1n) is 13.5. The number of aliphatic hydroxyl groups is 1. The Morgan fingerprint density at radius 3 is 1.95 bits per heavy atom. The summed E-state index contributed by atoms with van der Waals surface area (Å²) in [7, 11) is 0. The number of carbonyl (C=O) groups excluding carboxylic acids is 3. The van der Waals surface area contributed by atoms with Gasteiger partial charge in [0.25, 0.3) is 0 Å². The number of rotatable bonds is 6. The molecule has 8 heteroatoms. The van der Waals surface area contributed by atoms with Gasteiger partial charge in [0.1, 0.15) is 6.04 Å². The molecular formula is C31H33N3O4S. The molecule has 4 heterocycles. The van der Waals surface area contributed by atoms with Crippen molar-refractivity contribution in [3.05, 3.63) is 96.1 Å². The highest BCUT2D eigenvalue weighted by Gasteiger charge is 2.73. The molecule has 0 radical (unpaired) electrons. The number of amides is 3. The van der Waals surface area contributed by atoms with Crippen LogP contribution in [0.2, 0.25) is 0 Å². The van der Waals surface area contributed by atoms with Crippen LogP contribution < -0.4 is 0 Å². The molecule has 0 aliphatic carbocycles. The molecule has 1 spiro atoms. The van der Waals surface area contributed by atoms with Gasteiger partial charge in [-0.05, 0) is 18.1 Å². The maximum absolute atomic E-state index is 14.3. The third kappa shape index (κ3) is 4.21. The van der Waals surface area contributed by atoms with Crippen LogP contribution in [0.3, 0.4) is 0 Å². The van der Waals surface area contributed by atoms with Crippen LogP contribution in [0.5, 0.6) is 0 Å². The van der Waals surface area contributed by atoms with Gasteiger partial charge in [0, 0.05) is 37.5 Å². The molecule has 2 fully saturated rings. The molecular weight excluding hydrogens is 510 g/mol. The topological polar surface area (TPSA) is 81.2 Å². The van der Waals surface area contributed by atoms with Crippen molar-refractivity contribution in [2.24, 2.45) is 11.8 Å². The second-order valence-electron chi connectivity index (χ2n) is 11.0. The summed E-state index contributed by atoms with van der Waals surface area (Å²) in [6.45, 7) is 3.62. The Balaban J connectivity index is 1.39. The van der Waals surface area contributed by atoms with E-state index in [1.165, 1.54) is 4.90 Å². The average Bonchev–Trinajstić information content (AvgIpc) is 3.20. The summed E-state index contributed by atoms with van der Waals surface area (Å²) in [5.74, 6) is -1.75. The fraction of sp³-hybridized carbons (Fsp3) is 0.387. The molecule has 0 bridgehead atoms. The van der Waals surface area contributed by atoms with Gasteiger partial charge < -0.3 is 19.8 Å². The molecule has 2 aromatic rings. The first-order valence-corrected chi connectivity index (χ1v) is 14.3. The fourth-order valence-electron chi connectivity index (χ4n) is 6.86. The first kappa shape index (κ1) is 25.9. The molecule has 1 N–H and O–H groups in total. The van der Waals surface area contributed by atoms with E-state index in [2.05, 4.69) is 6.08 Å². The van der Waals surface area contributed by atoms with Crippen LogP contribution in [0.15, 0.2) is 85.0 Å². The van der Waals surface area contributed by atoms with Crippen molar-refractivity contribution in [3.8, 4) is 0 Å². The quantitative estimate of drug-likeness (QED) is 0.567. The normalized spacial score (nSPS) is 31.7. The second-order valence-corrected chi connectivity index (χ2v) is 12.8. The molecule has 39 heavy (non-hydrogen) atoms. The highest BCUT2D eigenvalue weighted by atomic mass is 32.2. The maximum Gasteiger partial charge on any atom is 0.247 e. The number of thioether (sulfide) groups is 1. The number of aliphatic hydroxyl groups excluding tert-OH is 1. The van der Waals surface area contributed by atoms with Gasteiger partial charge in [0.05, 0.1) is 23.2 Å². The largest absolute Gasteiger partial charge is 0.395 e. The Bertz CT molecular complexity index is 1330. The van der Waals surface area contributed by atoms with E-state index in [9.17, 15) is 19.5 Å². The minimum Gasteiger partial charge on any atom is -0.395 e. The zero-order valence-electron chi connectivity index (χ0n) is 22.0. The van der Waals surface area contributed by atoms with E-state index in [1.807, 2.05) is 90.7 Å². The highest BCUT2D eigenvalue weighted by Crippen LogP contribution is 2.65. The van der Waals surface area contributed by atoms with Crippen molar-refractivity contribution in [2.75, 3.05) is 26.2 Å². The molecule has 4 aliphatic rings. The summed E-state index contributed by atoms with van der Waals surface area (Å²) in [5.41, 5.74) is 2.04. The van der Waals surface area contributed by atoms with Crippen LogP contribution in [0.4, 0.5) is 0 Å². The van der Waals surface area contributed by atoms with E-state index in [0.29, 0.717) is 26.2 Å². The van der Waals surface area contributed by atoms with Gasteiger partial charge in [0.2, 0.25) is 17.7 Å². The molecule has 6 rings (SSSR count). The van der Waals surface area contributed by atoms with Crippen molar-refractivity contribution < 1.29 is 19.5 Å². The van der Waals surface area contributed by atoms with Crippen LogP contribution in [0.1, 0.15) is 18.1 Å². The van der Waals surface area contributed by atoms with Crippen molar-refractivity contribution >= 4 is 29.5 Å². The molecule has 0 aromatic heterocycles. The molecule has 1 unspecified atom stereocenters. The van der Waals surface area contributed by atoms with Crippen molar-refractivity contribution in [3.63, 3.8) is 0 Å². The SMILES string of the molecule is C[C@@]12C=CCN(Cc3ccccc3)C(=O)[C@@H]1[C@H]1C(=O)N(CCO)C3C(=O)N(Cc4ccccc4)CC=C[C@@]31S2. The van der Waals surface area contributed by atoms with Crippen LogP contribution in [-0.4, -0.2) is 79.3 Å². The highest BCUT2D eigenvalue weighted by molar-refractivity contribution is 8.02.